The molecule has 0 aliphatic heterocycles. The second-order valence-electron chi connectivity index (χ2n) is 2.71. The normalized spacial score (nSPS) is 8.76. The quantitative estimate of drug-likeness (QED) is 0.788. The van der Waals surface area contributed by atoms with E-state index in [1.54, 1.807) is 12.1 Å². The summed E-state index contributed by atoms with van der Waals surface area (Å²) >= 11 is 3.19. The number of halogens is 1. The molecule has 0 saturated carbocycles. The zero-order valence-electron chi connectivity index (χ0n) is 10.2. The number of carbonyl (C=O) groups excluding carboxylic acids is 2. The number of hydrogen-bond donors (Lipinski definition) is 0. The Hall–Kier alpha value is -1.36. The van der Waals surface area contributed by atoms with Crippen molar-refractivity contribution in [3.63, 3.8) is 0 Å². The molecule has 0 radical (unpaired) electrons. The Kier molecular flexibility index (Phi) is 7.21. The average molecular weight is 303 g/mol. The highest BCUT2D eigenvalue weighted by Crippen LogP contribution is 2.17. The molecule has 1 rings (SSSR count). The van der Waals surface area contributed by atoms with E-state index < -0.39 is 11.9 Å². The fourth-order valence-corrected chi connectivity index (χ4v) is 1.55. The molecule has 0 aliphatic rings. The van der Waals surface area contributed by atoms with Crippen LogP contribution in [-0.2, 0) is 9.47 Å². The van der Waals surface area contributed by atoms with Gasteiger partial charge in [-0.2, -0.15) is 0 Å². The summed E-state index contributed by atoms with van der Waals surface area (Å²) in [6, 6.07) is 4.55. The van der Waals surface area contributed by atoms with Gasteiger partial charge in [0.2, 0.25) is 0 Å². The van der Waals surface area contributed by atoms with Gasteiger partial charge < -0.3 is 9.47 Å². The third-order valence-electron chi connectivity index (χ3n) is 1.74. The average Bonchev–Trinajstić information content (AvgIpc) is 2.38. The Bertz CT molecular complexity index is 367. The predicted octanol–water partition coefficient (Wildman–Crippen LogP) is 3.05. The molecule has 4 nitrogen and oxygen atoms in total. The fraction of sp³-hybridized carbons (Fsp3) is 0.333. The lowest BCUT2D eigenvalue weighted by atomic mass is 10.1. The molecule has 0 spiro atoms. The number of hydrogen-bond acceptors (Lipinski definition) is 4. The summed E-state index contributed by atoms with van der Waals surface area (Å²) in [4.78, 5) is 22.5. The van der Waals surface area contributed by atoms with Gasteiger partial charge in [0, 0.05) is 4.47 Å². The van der Waals surface area contributed by atoms with Crippen molar-refractivity contribution in [3.05, 3.63) is 33.8 Å². The van der Waals surface area contributed by atoms with Crippen LogP contribution in [0.2, 0.25) is 0 Å². The van der Waals surface area contributed by atoms with Crippen LogP contribution in [0.5, 0.6) is 0 Å². The van der Waals surface area contributed by atoms with Crippen LogP contribution in [0.25, 0.3) is 0 Å². The summed E-state index contributed by atoms with van der Waals surface area (Å²) in [5, 5.41) is 0. The van der Waals surface area contributed by atoms with Crippen molar-refractivity contribution in [2.75, 3.05) is 14.2 Å². The van der Waals surface area contributed by atoms with Crippen LogP contribution < -0.4 is 0 Å². The minimum Gasteiger partial charge on any atom is -0.465 e. The number of rotatable bonds is 2. The zero-order valence-corrected chi connectivity index (χ0v) is 11.8. The Labute approximate surface area is 109 Å². The van der Waals surface area contributed by atoms with E-state index in [-0.39, 0.29) is 0 Å². The second-order valence-corrected chi connectivity index (χ2v) is 3.63. The fourth-order valence-electron chi connectivity index (χ4n) is 1.06. The highest BCUT2D eigenvalue weighted by molar-refractivity contribution is 9.10. The van der Waals surface area contributed by atoms with Crippen LogP contribution in [-0.4, -0.2) is 26.2 Å². The van der Waals surface area contributed by atoms with Gasteiger partial charge in [-0.3, -0.25) is 0 Å². The first-order valence-electron chi connectivity index (χ1n) is 5.05. The van der Waals surface area contributed by atoms with Crippen LogP contribution in [0.3, 0.4) is 0 Å². The van der Waals surface area contributed by atoms with Gasteiger partial charge in [0.05, 0.1) is 25.3 Å². The molecule has 5 heteroatoms. The van der Waals surface area contributed by atoms with Crippen LogP contribution in [0.1, 0.15) is 34.6 Å². The summed E-state index contributed by atoms with van der Waals surface area (Å²) in [5.74, 6) is -0.997. The van der Waals surface area contributed by atoms with E-state index in [0.717, 1.165) is 0 Å². The number of carbonyl (C=O) groups is 2. The molecule has 0 heterocycles. The van der Waals surface area contributed by atoms with E-state index in [2.05, 4.69) is 25.4 Å². The van der Waals surface area contributed by atoms with Gasteiger partial charge >= 0.3 is 11.9 Å². The van der Waals surface area contributed by atoms with Crippen molar-refractivity contribution < 1.29 is 19.1 Å². The van der Waals surface area contributed by atoms with Gasteiger partial charge in [-0.15, -0.1) is 0 Å². The van der Waals surface area contributed by atoms with Crippen molar-refractivity contribution in [1.29, 1.82) is 0 Å². The number of ether oxygens (including phenoxy) is 2. The summed E-state index contributed by atoms with van der Waals surface area (Å²) in [5.41, 5.74) is 0.597. The number of benzene rings is 1. The monoisotopic (exact) mass is 302 g/mol. The highest BCUT2D eigenvalue weighted by atomic mass is 79.9. The minimum absolute atomic E-state index is 0.298. The first-order valence-corrected chi connectivity index (χ1v) is 5.85. The first-order chi connectivity index (χ1) is 8.08. The van der Waals surface area contributed by atoms with Gasteiger partial charge in [0.15, 0.2) is 0 Å². The molecule has 0 atom stereocenters. The van der Waals surface area contributed by atoms with Crippen LogP contribution in [0.4, 0.5) is 0 Å². The molecule has 0 fully saturated rings. The molecule has 94 valence electrons. The molecule has 0 N–H and O–H groups in total. The van der Waals surface area contributed by atoms with Gasteiger partial charge in [0.1, 0.15) is 0 Å². The van der Waals surface area contributed by atoms with E-state index in [0.29, 0.717) is 15.6 Å². The minimum atomic E-state index is -0.499. The van der Waals surface area contributed by atoms with Crippen LogP contribution >= 0.6 is 15.9 Å². The van der Waals surface area contributed by atoms with E-state index in [1.165, 1.54) is 20.3 Å². The second kappa shape index (κ2) is 7.84. The smallest absolute Gasteiger partial charge is 0.337 e. The topological polar surface area (TPSA) is 52.6 Å². The number of methoxy groups -OCH3 is 2. The zero-order chi connectivity index (χ0) is 13.4. The maximum absolute atomic E-state index is 11.2. The lowest BCUT2D eigenvalue weighted by Gasteiger charge is -2.03. The van der Waals surface area contributed by atoms with E-state index in [1.807, 2.05) is 13.8 Å². The van der Waals surface area contributed by atoms with Gasteiger partial charge in [-0.1, -0.05) is 29.8 Å². The third kappa shape index (κ3) is 4.56. The summed E-state index contributed by atoms with van der Waals surface area (Å²) < 4.78 is 9.71. The van der Waals surface area contributed by atoms with E-state index in [9.17, 15) is 9.59 Å². The van der Waals surface area contributed by atoms with E-state index >= 15 is 0 Å². The maximum Gasteiger partial charge on any atom is 0.337 e. The lowest BCUT2D eigenvalue weighted by Crippen LogP contribution is -2.06. The Morgan fingerprint density at radius 2 is 1.29 bits per heavy atom. The molecule has 0 aliphatic carbocycles. The molecule has 17 heavy (non-hydrogen) atoms. The van der Waals surface area contributed by atoms with Crippen molar-refractivity contribution in [2.24, 2.45) is 0 Å². The molecule has 1 aromatic rings. The molecular weight excluding hydrogens is 288 g/mol. The predicted molar refractivity (Wildman–Crippen MR) is 68.2 cm³/mol. The molecule has 0 amide bonds. The summed E-state index contributed by atoms with van der Waals surface area (Å²) in [6.07, 6.45) is 0. The molecule has 0 unspecified atom stereocenters. The molecular formula is C12H15BrO4. The maximum atomic E-state index is 11.2. The Morgan fingerprint density at radius 3 is 1.59 bits per heavy atom. The summed E-state index contributed by atoms with van der Waals surface area (Å²) in [6.45, 7) is 4.00. The van der Waals surface area contributed by atoms with Crippen molar-refractivity contribution >= 4 is 27.9 Å². The van der Waals surface area contributed by atoms with Gasteiger partial charge in [0.25, 0.3) is 0 Å². The third-order valence-corrected chi connectivity index (χ3v) is 2.20. The molecule has 0 bridgehead atoms. The first kappa shape index (κ1) is 15.6. The van der Waals surface area contributed by atoms with Gasteiger partial charge in [-0.05, 0) is 18.2 Å². The lowest BCUT2D eigenvalue weighted by molar-refractivity contribution is 0.0599. The molecule has 0 saturated heterocycles. The van der Waals surface area contributed by atoms with Crippen molar-refractivity contribution in [3.8, 4) is 0 Å². The van der Waals surface area contributed by atoms with E-state index in [4.69, 9.17) is 0 Å². The number of esters is 2. The van der Waals surface area contributed by atoms with Crippen LogP contribution in [0, 0.1) is 0 Å². The highest BCUT2D eigenvalue weighted by Gasteiger charge is 2.12. The molecule has 1 aromatic carbocycles. The van der Waals surface area contributed by atoms with Crippen molar-refractivity contribution in [1.82, 2.24) is 0 Å². The Balaban J connectivity index is 0.00000121. The van der Waals surface area contributed by atoms with Crippen LogP contribution in [0.15, 0.2) is 22.7 Å². The Morgan fingerprint density at radius 1 is 0.941 bits per heavy atom. The van der Waals surface area contributed by atoms with Crippen molar-refractivity contribution in [2.45, 2.75) is 13.8 Å². The largest absolute Gasteiger partial charge is 0.465 e. The summed E-state index contributed by atoms with van der Waals surface area (Å²) in [7, 11) is 2.56. The van der Waals surface area contributed by atoms with Gasteiger partial charge in [-0.25, -0.2) is 9.59 Å². The molecule has 0 aromatic heterocycles. The SMILES string of the molecule is CC.COC(=O)c1cc(Br)cc(C(=O)OC)c1. The standard InChI is InChI=1S/C10H9BrO4.C2H6/c1-14-9(12)6-3-7(10(13)15-2)5-8(11)4-6;1-2/h3-5H,1-2H3;1-2H3.